The first-order chi connectivity index (χ1) is 12.6. The van der Waals surface area contributed by atoms with Crippen molar-refractivity contribution in [1.82, 2.24) is 15.0 Å². The predicted molar refractivity (Wildman–Crippen MR) is 101 cm³/mol. The van der Waals surface area contributed by atoms with E-state index in [1.807, 2.05) is 30.3 Å². The minimum absolute atomic E-state index is 0.334. The number of nitriles is 1. The van der Waals surface area contributed by atoms with Gasteiger partial charge in [-0.05, 0) is 48.5 Å². The first-order valence-corrected chi connectivity index (χ1v) is 8.38. The summed E-state index contributed by atoms with van der Waals surface area (Å²) in [6.07, 6.45) is 0. The number of rotatable bonds is 3. The fourth-order valence-corrected chi connectivity index (χ4v) is 2.74. The van der Waals surface area contributed by atoms with Crippen LogP contribution in [-0.2, 0) is 0 Å². The van der Waals surface area contributed by atoms with Crippen LogP contribution >= 0.6 is 23.2 Å². The number of halogens is 2. The first-order valence-electron chi connectivity index (χ1n) is 7.62. The quantitative estimate of drug-likeness (QED) is 0.502. The minimum Gasteiger partial charge on any atom is -0.457 e. The van der Waals surface area contributed by atoms with Crippen LogP contribution in [0.15, 0.2) is 54.6 Å². The number of fused-ring (bicyclic) bond motifs is 1. The van der Waals surface area contributed by atoms with Gasteiger partial charge in [-0.3, -0.25) is 0 Å². The molecule has 0 fully saturated rings. The molecule has 5 nitrogen and oxygen atoms in total. The van der Waals surface area contributed by atoms with E-state index in [0.717, 1.165) is 11.1 Å². The van der Waals surface area contributed by atoms with Crippen molar-refractivity contribution in [3.63, 3.8) is 0 Å². The second kappa shape index (κ2) is 6.68. The zero-order chi connectivity index (χ0) is 18.1. The smallest absolute Gasteiger partial charge is 0.179 e. The normalized spacial score (nSPS) is 10.7. The maximum atomic E-state index is 8.92. The maximum Gasteiger partial charge on any atom is 0.179 e. The third-order valence-electron chi connectivity index (χ3n) is 3.71. The number of ether oxygens (including phenoxy) is 1. The van der Waals surface area contributed by atoms with Crippen LogP contribution in [0.3, 0.4) is 0 Å². The zero-order valence-electron chi connectivity index (χ0n) is 13.2. The molecule has 2 aromatic heterocycles. The Kier molecular flexibility index (Phi) is 4.21. The number of imidazole rings is 1. The highest BCUT2D eigenvalue weighted by atomic mass is 35.5. The van der Waals surface area contributed by atoms with Gasteiger partial charge in [-0.25, -0.2) is 9.97 Å². The van der Waals surface area contributed by atoms with Gasteiger partial charge in [-0.2, -0.15) is 5.26 Å². The summed E-state index contributed by atoms with van der Waals surface area (Å²) in [5.74, 6) is 1.93. The monoisotopic (exact) mass is 380 g/mol. The summed E-state index contributed by atoms with van der Waals surface area (Å²) in [4.78, 5) is 11.8. The molecule has 0 aliphatic heterocycles. The summed E-state index contributed by atoms with van der Waals surface area (Å²) in [5, 5.41) is 9.84. The van der Waals surface area contributed by atoms with Crippen LogP contribution in [0, 0.1) is 11.3 Å². The molecular weight excluding hydrogens is 371 g/mol. The lowest BCUT2D eigenvalue weighted by molar-refractivity contribution is 0.483. The fraction of sp³-hybridized carbons (Fsp3) is 0. The van der Waals surface area contributed by atoms with E-state index in [4.69, 9.17) is 33.2 Å². The summed E-state index contributed by atoms with van der Waals surface area (Å²) in [5.41, 5.74) is 2.49. The molecule has 0 spiro atoms. The number of nitrogens with one attached hydrogen (secondary N) is 1. The molecule has 0 aliphatic rings. The molecule has 0 radical (unpaired) electrons. The van der Waals surface area contributed by atoms with E-state index < -0.39 is 0 Å². The lowest BCUT2D eigenvalue weighted by Crippen LogP contribution is -1.86. The molecule has 26 heavy (non-hydrogen) atoms. The molecule has 0 saturated heterocycles. The van der Waals surface area contributed by atoms with Crippen molar-refractivity contribution >= 4 is 34.4 Å². The molecule has 0 unspecified atom stereocenters. The van der Waals surface area contributed by atoms with Crippen LogP contribution in [0.25, 0.3) is 22.6 Å². The second-order valence-corrected chi connectivity index (χ2v) is 6.28. The average Bonchev–Trinajstić information content (AvgIpc) is 3.08. The van der Waals surface area contributed by atoms with Crippen molar-refractivity contribution in [2.75, 3.05) is 0 Å². The minimum atomic E-state index is 0.334. The Labute approximate surface area is 158 Å². The number of hydrogen-bond acceptors (Lipinski definition) is 4. The number of pyridine rings is 1. The molecule has 126 valence electrons. The lowest BCUT2D eigenvalue weighted by Gasteiger charge is -2.07. The Bertz CT molecular complexity index is 1150. The van der Waals surface area contributed by atoms with Gasteiger partial charge >= 0.3 is 0 Å². The van der Waals surface area contributed by atoms with E-state index in [-0.39, 0.29) is 0 Å². The van der Waals surface area contributed by atoms with Gasteiger partial charge < -0.3 is 9.72 Å². The third-order valence-corrected chi connectivity index (χ3v) is 4.45. The molecule has 0 atom stereocenters. The maximum absolute atomic E-state index is 8.92. The number of aromatic nitrogens is 3. The standard InChI is InChI=1S/C19H10Cl2N4O/c20-15-7-6-14(9-16(15)21)26-13-4-1-11(2-5-13)18-24-17-8-3-12(10-22)23-19(17)25-18/h1-9H,(H,23,24,25). The van der Waals surface area contributed by atoms with Gasteiger partial charge in [-0.1, -0.05) is 23.2 Å². The van der Waals surface area contributed by atoms with E-state index in [1.165, 1.54) is 0 Å². The summed E-state index contributed by atoms with van der Waals surface area (Å²) >= 11 is 11.9. The molecule has 0 amide bonds. The number of aromatic amines is 1. The Hall–Kier alpha value is -3.07. The highest BCUT2D eigenvalue weighted by Gasteiger charge is 2.08. The first kappa shape index (κ1) is 16.4. The SMILES string of the molecule is N#Cc1ccc2[nH]c(-c3ccc(Oc4ccc(Cl)c(Cl)c4)cc3)nc2n1. The number of H-pyrrole nitrogens is 1. The van der Waals surface area contributed by atoms with Gasteiger partial charge in [0.05, 0.1) is 15.6 Å². The molecule has 4 rings (SSSR count). The van der Waals surface area contributed by atoms with Crippen molar-refractivity contribution in [2.24, 2.45) is 0 Å². The van der Waals surface area contributed by atoms with Gasteiger partial charge in [0.25, 0.3) is 0 Å². The van der Waals surface area contributed by atoms with Gasteiger partial charge in [0.15, 0.2) is 5.65 Å². The topological polar surface area (TPSA) is 74.6 Å². The molecular formula is C19H10Cl2N4O. The van der Waals surface area contributed by atoms with Crippen LogP contribution in [0.1, 0.15) is 5.69 Å². The van der Waals surface area contributed by atoms with Gasteiger partial charge in [-0.15, -0.1) is 0 Å². The van der Waals surface area contributed by atoms with E-state index >= 15 is 0 Å². The van der Waals surface area contributed by atoms with Crippen molar-refractivity contribution in [3.05, 3.63) is 70.3 Å². The molecule has 7 heteroatoms. The van der Waals surface area contributed by atoms with E-state index in [2.05, 4.69) is 15.0 Å². The summed E-state index contributed by atoms with van der Waals surface area (Å²) < 4.78 is 5.77. The zero-order valence-corrected chi connectivity index (χ0v) is 14.7. The fourth-order valence-electron chi connectivity index (χ4n) is 2.45. The predicted octanol–water partition coefficient (Wildman–Crippen LogP) is 5.60. The van der Waals surface area contributed by atoms with Crippen molar-refractivity contribution in [1.29, 1.82) is 5.26 Å². The second-order valence-electron chi connectivity index (χ2n) is 5.47. The Morgan fingerprint density at radius 3 is 2.38 bits per heavy atom. The number of benzene rings is 2. The van der Waals surface area contributed by atoms with Crippen LogP contribution in [-0.4, -0.2) is 15.0 Å². The molecule has 1 N–H and O–H groups in total. The van der Waals surface area contributed by atoms with E-state index in [0.29, 0.717) is 38.7 Å². The molecule has 2 aromatic carbocycles. The van der Waals surface area contributed by atoms with Crippen LogP contribution in [0.5, 0.6) is 11.5 Å². The van der Waals surface area contributed by atoms with Gasteiger partial charge in [0, 0.05) is 11.6 Å². The average molecular weight is 381 g/mol. The molecule has 4 aromatic rings. The van der Waals surface area contributed by atoms with Crippen LogP contribution in [0.4, 0.5) is 0 Å². The highest BCUT2D eigenvalue weighted by Crippen LogP contribution is 2.30. The summed E-state index contributed by atoms with van der Waals surface area (Å²) in [6.45, 7) is 0. The Balaban J connectivity index is 1.59. The van der Waals surface area contributed by atoms with E-state index in [1.54, 1.807) is 30.3 Å². The molecule has 0 saturated carbocycles. The van der Waals surface area contributed by atoms with Crippen molar-refractivity contribution in [2.45, 2.75) is 0 Å². The van der Waals surface area contributed by atoms with Gasteiger partial charge in [0.1, 0.15) is 29.1 Å². The van der Waals surface area contributed by atoms with Crippen LogP contribution in [0.2, 0.25) is 10.0 Å². The lowest BCUT2D eigenvalue weighted by atomic mass is 10.2. The molecule has 0 aliphatic carbocycles. The Morgan fingerprint density at radius 1 is 0.885 bits per heavy atom. The largest absolute Gasteiger partial charge is 0.457 e. The van der Waals surface area contributed by atoms with E-state index in [9.17, 15) is 0 Å². The highest BCUT2D eigenvalue weighted by molar-refractivity contribution is 6.42. The van der Waals surface area contributed by atoms with Crippen molar-refractivity contribution < 1.29 is 4.74 Å². The summed E-state index contributed by atoms with van der Waals surface area (Å²) in [6, 6.07) is 18.0. The summed E-state index contributed by atoms with van der Waals surface area (Å²) in [7, 11) is 0. The van der Waals surface area contributed by atoms with Crippen molar-refractivity contribution in [3.8, 4) is 29.0 Å². The van der Waals surface area contributed by atoms with Gasteiger partial charge in [0.2, 0.25) is 0 Å². The molecule has 0 bridgehead atoms. The Morgan fingerprint density at radius 2 is 1.65 bits per heavy atom. The third kappa shape index (κ3) is 3.21. The van der Waals surface area contributed by atoms with Crippen LogP contribution < -0.4 is 4.74 Å². The molecule has 2 heterocycles. The number of hydrogen-bond donors (Lipinski definition) is 1. The number of nitrogens with zero attached hydrogens (tertiary/aromatic N) is 3.